The maximum Gasteiger partial charge on any atom is 0.243 e. The second-order valence-electron chi connectivity index (χ2n) is 9.46. The minimum Gasteiger partial charge on any atom is -0.375 e. The lowest BCUT2D eigenvalue weighted by Crippen LogP contribution is -2.48. The molecule has 2 amide bonds. The van der Waals surface area contributed by atoms with Crippen molar-refractivity contribution in [3.63, 3.8) is 0 Å². The second-order valence-corrected chi connectivity index (χ2v) is 9.46. The lowest BCUT2D eigenvalue weighted by atomic mass is 10.1. The van der Waals surface area contributed by atoms with Gasteiger partial charge in [0.05, 0.1) is 18.4 Å². The minimum absolute atomic E-state index is 0. The van der Waals surface area contributed by atoms with E-state index in [-0.39, 0.29) is 26.8 Å². The molecule has 0 unspecified atom stereocenters. The second kappa shape index (κ2) is 18.1. The van der Waals surface area contributed by atoms with Crippen molar-refractivity contribution < 1.29 is 21.2 Å². The summed E-state index contributed by atoms with van der Waals surface area (Å²) in [4.78, 5) is 34.9. The SMILES string of the molecule is C=C(C[C@H](NC(=O)CCC(C)C)C(=O)NCc1ncc(-c2ccc(F)cc2F)[nH]1)N1CCCCC1.CC.CC.[HH].[HH]. The average Bonchev–Trinajstić information content (AvgIpc) is 3.41. The molecular weight excluding hydrogens is 500 g/mol. The summed E-state index contributed by atoms with van der Waals surface area (Å²) in [6.07, 6.45) is 6.21. The molecule has 3 rings (SSSR count). The summed E-state index contributed by atoms with van der Waals surface area (Å²) in [5.74, 6) is -1.08. The zero-order valence-corrected chi connectivity index (χ0v) is 24.5. The first kappa shape index (κ1) is 33.8. The van der Waals surface area contributed by atoms with Crippen LogP contribution >= 0.6 is 0 Å². The van der Waals surface area contributed by atoms with Crippen LogP contribution in [0.1, 0.15) is 88.7 Å². The lowest BCUT2D eigenvalue weighted by molar-refractivity contribution is -0.129. The molecule has 222 valence electrons. The van der Waals surface area contributed by atoms with Gasteiger partial charge in [-0.1, -0.05) is 48.1 Å². The highest BCUT2D eigenvalue weighted by Crippen LogP contribution is 2.22. The van der Waals surface area contributed by atoms with E-state index in [1.165, 1.54) is 24.8 Å². The topological polar surface area (TPSA) is 90.1 Å². The Hall–Kier alpha value is -3.23. The van der Waals surface area contributed by atoms with Crippen molar-refractivity contribution >= 4 is 11.8 Å². The molecule has 0 saturated carbocycles. The molecule has 2 aromatic rings. The summed E-state index contributed by atoms with van der Waals surface area (Å²) >= 11 is 0. The van der Waals surface area contributed by atoms with Crippen LogP contribution in [0.5, 0.6) is 0 Å². The number of aromatic amines is 1. The van der Waals surface area contributed by atoms with E-state index in [4.69, 9.17) is 0 Å². The molecule has 0 bridgehead atoms. The quantitative estimate of drug-likeness (QED) is 0.286. The summed E-state index contributed by atoms with van der Waals surface area (Å²) in [6.45, 7) is 18.1. The van der Waals surface area contributed by atoms with Crippen molar-refractivity contribution in [2.45, 2.75) is 92.7 Å². The number of hydrogen-bond donors (Lipinski definition) is 3. The average molecular weight is 552 g/mol. The molecule has 1 atom stereocenters. The molecule has 1 aromatic heterocycles. The van der Waals surface area contributed by atoms with Gasteiger partial charge in [0.1, 0.15) is 23.5 Å². The van der Waals surface area contributed by atoms with E-state index in [1.54, 1.807) is 0 Å². The van der Waals surface area contributed by atoms with Gasteiger partial charge in [-0.3, -0.25) is 9.59 Å². The smallest absolute Gasteiger partial charge is 0.243 e. The van der Waals surface area contributed by atoms with E-state index < -0.39 is 17.7 Å². The van der Waals surface area contributed by atoms with Crippen LogP contribution in [0, 0.1) is 17.6 Å². The van der Waals surface area contributed by atoms with Gasteiger partial charge in [-0.2, -0.15) is 0 Å². The molecule has 0 aliphatic carbocycles. The maximum absolute atomic E-state index is 14.1. The molecule has 9 heteroatoms. The number of H-pyrrole nitrogens is 1. The van der Waals surface area contributed by atoms with Crippen LogP contribution in [0.3, 0.4) is 0 Å². The Kier molecular flexibility index (Phi) is 15.7. The first-order valence-corrected chi connectivity index (χ1v) is 14.2. The molecule has 1 aliphatic heterocycles. The number of rotatable bonds is 11. The molecule has 7 nitrogen and oxygen atoms in total. The van der Waals surface area contributed by atoms with Gasteiger partial charge in [0.25, 0.3) is 0 Å². The number of amides is 2. The van der Waals surface area contributed by atoms with Crippen molar-refractivity contribution in [2.75, 3.05) is 13.1 Å². The van der Waals surface area contributed by atoms with Gasteiger partial charge in [-0.05, 0) is 43.7 Å². The van der Waals surface area contributed by atoms with Gasteiger partial charge in [0.2, 0.25) is 11.8 Å². The molecule has 1 aromatic carbocycles. The number of carbonyl (C=O) groups excluding carboxylic acids is 2. The number of halogens is 2. The fourth-order valence-electron chi connectivity index (χ4n) is 4.06. The Morgan fingerprint density at radius 2 is 1.79 bits per heavy atom. The van der Waals surface area contributed by atoms with Crippen LogP contribution in [-0.4, -0.2) is 45.8 Å². The number of nitrogens with one attached hydrogen (secondary N) is 3. The van der Waals surface area contributed by atoms with E-state index in [1.807, 2.05) is 41.5 Å². The van der Waals surface area contributed by atoms with E-state index in [0.29, 0.717) is 30.3 Å². The molecule has 2 heterocycles. The number of carbonyl (C=O) groups is 2. The number of imidazole rings is 1. The third kappa shape index (κ3) is 11.6. The largest absolute Gasteiger partial charge is 0.375 e. The van der Waals surface area contributed by atoms with Crippen LogP contribution < -0.4 is 10.6 Å². The first-order chi connectivity index (χ1) is 18.7. The fraction of sp³-hybridized carbons (Fsp3) is 0.567. The van der Waals surface area contributed by atoms with Crippen LogP contribution in [0.2, 0.25) is 0 Å². The van der Waals surface area contributed by atoms with Crippen LogP contribution in [-0.2, 0) is 16.1 Å². The molecule has 1 saturated heterocycles. The first-order valence-electron chi connectivity index (χ1n) is 14.2. The zero-order chi connectivity index (χ0) is 29.4. The highest BCUT2D eigenvalue weighted by Gasteiger charge is 2.24. The van der Waals surface area contributed by atoms with Gasteiger partial charge >= 0.3 is 0 Å². The predicted molar refractivity (Wildman–Crippen MR) is 158 cm³/mol. The molecule has 0 spiro atoms. The highest BCUT2D eigenvalue weighted by molar-refractivity contribution is 5.87. The third-order valence-electron chi connectivity index (χ3n) is 6.12. The van der Waals surface area contributed by atoms with Crippen LogP contribution in [0.25, 0.3) is 11.3 Å². The number of hydrogen-bond acceptors (Lipinski definition) is 4. The molecule has 0 radical (unpaired) electrons. The van der Waals surface area contributed by atoms with Crippen molar-refractivity contribution in [1.29, 1.82) is 0 Å². The van der Waals surface area contributed by atoms with Crippen LogP contribution in [0.4, 0.5) is 8.78 Å². The summed E-state index contributed by atoms with van der Waals surface area (Å²) in [5.41, 5.74) is 1.40. The fourth-order valence-corrected chi connectivity index (χ4v) is 4.06. The van der Waals surface area contributed by atoms with Crippen molar-refractivity contribution in [1.82, 2.24) is 25.5 Å². The van der Waals surface area contributed by atoms with Crippen LogP contribution in [0.15, 0.2) is 36.7 Å². The summed E-state index contributed by atoms with van der Waals surface area (Å²) < 4.78 is 27.3. The van der Waals surface area contributed by atoms with E-state index in [0.717, 1.165) is 44.1 Å². The Balaban J connectivity index is 0. The van der Waals surface area contributed by atoms with Crippen molar-refractivity contribution in [3.05, 3.63) is 54.1 Å². The van der Waals surface area contributed by atoms with E-state index in [2.05, 4.69) is 32.1 Å². The Labute approximate surface area is 235 Å². The maximum atomic E-state index is 14.1. The number of benzene rings is 1. The number of nitrogens with zero attached hydrogens (tertiary/aromatic N) is 2. The van der Waals surface area contributed by atoms with Gasteiger partial charge in [0.15, 0.2) is 0 Å². The highest BCUT2D eigenvalue weighted by atomic mass is 19.1. The molecule has 1 fully saturated rings. The standard InChI is InChI=1S/C26H35F2N5O2.2C2H6.2H2/c1-17(2)7-10-25(34)32-22(13-18(3)33-11-5-4-6-12-33)26(35)30-16-24-29-15-23(31-24)20-9-8-19(27)14-21(20)28;2*1-2;;/h8-9,14-15,17,22H,3-7,10-13,16H2,1-2H3,(H,29,31)(H,30,35)(H,32,34);2*1-2H3;2*1H/t22-;;;;/m0..../s1. The minimum atomic E-state index is -0.756. The summed E-state index contributed by atoms with van der Waals surface area (Å²) in [7, 11) is 0. The lowest BCUT2D eigenvalue weighted by Gasteiger charge is -2.32. The Morgan fingerprint density at radius 3 is 2.41 bits per heavy atom. The Morgan fingerprint density at radius 1 is 1.13 bits per heavy atom. The van der Waals surface area contributed by atoms with Crippen molar-refractivity contribution in [3.8, 4) is 11.3 Å². The number of aromatic nitrogens is 2. The third-order valence-corrected chi connectivity index (χ3v) is 6.12. The van der Waals surface area contributed by atoms with Gasteiger partial charge in [-0.15, -0.1) is 0 Å². The zero-order valence-electron chi connectivity index (χ0n) is 24.5. The Bertz CT molecular complexity index is 1040. The van der Waals surface area contributed by atoms with Gasteiger partial charge in [-0.25, -0.2) is 13.8 Å². The predicted octanol–water partition coefficient (Wildman–Crippen LogP) is 6.83. The summed E-state index contributed by atoms with van der Waals surface area (Å²) in [5, 5.41) is 5.67. The molecule has 1 aliphatic rings. The van der Waals surface area contributed by atoms with Crippen molar-refractivity contribution in [2.24, 2.45) is 5.92 Å². The molecule has 3 N–H and O–H groups in total. The monoisotopic (exact) mass is 551 g/mol. The van der Waals surface area contributed by atoms with Gasteiger partial charge < -0.3 is 20.5 Å². The van der Waals surface area contributed by atoms with E-state index in [9.17, 15) is 18.4 Å². The molecular formula is C30H51F2N5O2. The normalized spacial score (nSPS) is 13.4. The van der Waals surface area contributed by atoms with Gasteiger partial charge in [0, 0.05) is 46.1 Å². The molecule has 39 heavy (non-hydrogen) atoms. The van der Waals surface area contributed by atoms with E-state index >= 15 is 0 Å². The number of piperidine rings is 1. The summed E-state index contributed by atoms with van der Waals surface area (Å²) in [6, 6.07) is 2.55. The number of likely N-dealkylation sites (tertiary alicyclic amines) is 1.